The fourth-order valence-corrected chi connectivity index (χ4v) is 9.24. The third-order valence-corrected chi connectivity index (χ3v) is 10.9. The van der Waals surface area contributed by atoms with Crippen LogP contribution in [0.4, 0.5) is 5.69 Å². The van der Waals surface area contributed by atoms with Crippen LogP contribution in [0.25, 0.3) is 0 Å². The van der Waals surface area contributed by atoms with Gasteiger partial charge in [-0.3, -0.25) is 9.59 Å². The van der Waals surface area contributed by atoms with Crippen molar-refractivity contribution < 1.29 is 28.9 Å². The average Bonchev–Trinajstić information content (AvgIpc) is 3.40. The summed E-state index contributed by atoms with van der Waals surface area (Å²) in [4.78, 5) is 26.5. The van der Waals surface area contributed by atoms with Gasteiger partial charge in [0.05, 0.1) is 12.2 Å². The summed E-state index contributed by atoms with van der Waals surface area (Å²) in [6.07, 6.45) is 8.50. The van der Waals surface area contributed by atoms with Crippen LogP contribution in [0.3, 0.4) is 0 Å². The van der Waals surface area contributed by atoms with Crippen molar-refractivity contribution in [3.63, 3.8) is 0 Å². The summed E-state index contributed by atoms with van der Waals surface area (Å²) in [6, 6.07) is 7.99. The Labute approximate surface area is 243 Å². The fourth-order valence-electron chi connectivity index (χ4n) is 9.24. The van der Waals surface area contributed by atoms with E-state index in [2.05, 4.69) is 39.9 Å². The van der Waals surface area contributed by atoms with Crippen LogP contribution in [0.15, 0.2) is 48.1 Å². The number of carbonyl (C=O) groups excluding carboxylic acids is 2. The maximum atomic E-state index is 14.4. The van der Waals surface area contributed by atoms with E-state index in [0.717, 1.165) is 43.4 Å². The molecule has 1 aromatic rings. The first-order valence-corrected chi connectivity index (χ1v) is 15.5. The molecule has 1 aliphatic heterocycles. The van der Waals surface area contributed by atoms with Crippen molar-refractivity contribution in [2.45, 2.75) is 103 Å². The Morgan fingerprint density at radius 1 is 1.22 bits per heavy atom. The normalized spacial score (nSPS) is 40.9. The van der Waals surface area contributed by atoms with E-state index in [1.165, 1.54) is 0 Å². The minimum Gasteiger partial charge on any atom is -0.486 e. The maximum Gasteiger partial charge on any atom is 0.205 e. The van der Waals surface area contributed by atoms with Gasteiger partial charge in [-0.05, 0) is 94.2 Å². The molecule has 0 spiro atoms. The molecular weight excluding hydrogens is 518 g/mol. The van der Waals surface area contributed by atoms with E-state index in [9.17, 15) is 14.7 Å². The third-order valence-electron chi connectivity index (χ3n) is 10.9. The number of benzene rings is 1. The highest BCUT2D eigenvalue weighted by Gasteiger charge is 2.75. The molecule has 222 valence electrons. The van der Waals surface area contributed by atoms with Crippen LogP contribution in [-0.4, -0.2) is 53.4 Å². The molecule has 1 unspecified atom stereocenters. The van der Waals surface area contributed by atoms with Gasteiger partial charge >= 0.3 is 0 Å². The molecule has 0 aromatic heterocycles. The van der Waals surface area contributed by atoms with E-state index in [4.69, 9.17) is 14.2 Å². The summed E-state index contributed by atoms with van der Waals surface area (Å²) in [5.74, 6) is 0.881. The Kier molecular flexibility index (Phi) is 7.23. The smallest absolute Gasteiger partial charge is 0.205 e. The standard InChI is InChI=1S/C34H45NO6/c1-6-7-30-40-29-17-26-25-13-8-21-16-23(36)14-15-32(21,4)31(25)27(37)18-33(26,5)34(29,41-30)28(38)19-39-24-11-9-22(10-12-24)35-20(2)3/h9-12,14-16,20,25-27,29-31,35,37H,6-8,13,17-19H2,1-5H3/t25-,26-,27-,29+,30?,31+,32-,33-,34+/m0/s1. The van der Waals surface area contributed by atoms with Gasteiger partial charge in [0.25, 0.3) is 0 Å². The van der Waals surface area contributed by atoms with Gasteiger partial charge in [0.2, 0.25) is 5.78 Å². The maximum absolute atomic E-state index is 14.4. The zero-order chi connectivity index (χ0) is 29.2. The average molecular weight is 564 g/mol. The molecule has 5 aliphatic rings. The van der Waals surface area contributed by atoms with Crippen molar-refractivity contribution in [3.8, 4) is 5.75 Å². The summed E-state index contributed by atoms with van der Waals surface area (Å²) < 4.78 is 19.3. The Morgan fingerprint density at radius 3 is 2.68 bits per heavy atom. The van der Waals surface area contributed by atoms with Gasteiger partial charge in [-0.15, -0.1) is 0 Å². The van der Waals surface area contributed by atoms with Crippen molar-refractivity contribution in [1.82, 2.24) is 0 Å². The zero-order valence-corrected chi connectivity index (χ0v) is 25.0. The number of allylic oxidation sites excluding steroid dienone is 4. The van der Waals surface area contributed by atoms with Gasteiger partial charge in [-0.25, -0.2) is 0 Å². The number of aliphatic hydroxyl groups is 1. The molecule has 41 heavy (non-hydrogen) atoms. The molecule has 0 amide bonds. The topological polar surface area (TPSA) is 94.1 Å². The van der Waals surface area contributed by atoms with Crippen molar-refractivity contribution in [3.05, 3.63) is 48.1 Å². The molecule has 3 saturated carbocycles. The second-order valence-corrected chi connectivity index (χ2v) is 13.7. The SMILES string of the molecule is CCCC1O[C@@H]2C[C@H]3[C@@H]4CCC5=CC(=O)C=C[C@]5(C)[C@H]4[C@@H](O)C[C@]3(C)[C@]2(C(=O)COc2ccc(NC(C)C)cc2)O1. The van der Waals surface area contributed by atoms with E-state index >= 15 is 0 Å². The predicted molar refractivity (Wildman–Crippen MR) is 156 cm³/mol. The lowest BCUT2D eigenvalue weighted by Gasteiger charge is -2.59. The van der Waals surface area contributed by atoms with E-state index in [1.807, 2.05) is 30.3 Å². The quantitative estimate of drug-likeness (QED) is 0.424. The van der Waals surface area contributed by atoms with Crippen LogP contribution >= 0.6 is 0 Å². The second-order valence-electron chi connectivity index (χ2n) is 13.7. The van der Waals surface area contributed by atoms with Gasteiger partial charge in [-0.1, -0.05) is 38.8 Å². The number of fused-ring (bicyclic) bond motifs is 7. The number of rotatable bonds is 8. The highest BCUT2D eigenvalue weighted by molar-refractivity contribution is 6.01. The lowest BCUT2D eigenvalue weighted by molar-refractivity contribution is -0.200. The third kappa shape index (κ3) is 4.42. The predicted octanol–water partition coefficient (Wildman–Crippen LogP) is 5.62. The van der Waals surface area contributed by atoms with E-state index in [1.54, 1.807) is 12.2 Å². The summed E-state index contributed by atoms with van der Waals surface area (Å²) >= 11 is 0. The molecule has 1 aromatic carbocycles. The van der Waals surface area contributed by atoms with Crippen LogP contribution in [-0.2, 0) is 19.1 Å². The first kappa shape index (κ1) is 28.6. The molecule has 1 saturated heterocycles. The van der Waals surface area contributed by atoms with Crippen LogP contribution in [0.1, 0.15) is 73.1 Å². The Balaban J connectivity index is 1.29. The summed E-state index contributed by atoms with van der Waals surface area (Å²) in [6.45, 7) is 10.5. The Bertz CT molecular complexity index is 1250. The largest absolute Gasteiger partial charge is 0.486 e. The van der Waals surface area contributed by atoms with Crippen molar-refractivity contribution >= 4 is 17.3 Å². The lowest BCUT2D eigenvalue weighted by atomic mass is 9.46. The van der Waals surface area contributed by atoms with Gasteiger partial charge in [-0.2, -0.15) is 0 Å². The monoisotopic (exact) mass is 563 g/mol. The van der Waals surface area contributed by atoms with Crippen LogP contribution < -0.4 is 10.1 Å². The van der Waals surface area contributed by atoms with Crippen molar-refractivity contribution in [2.75, 3.05) is 11.9 Å². The van der Waals surface area contributed by atoms with Gasteiger partial charge in [0.1, 0.15) is 12.4 Å². The zero-order valence-electron chi connectivity index (χ0n) is 25.0. The molecule has 4 aliphatic carbocycles. The highest BCUT2D eigenvalue weighted by Crippen LogP contribution is 2.69. The molecule has 7 nitrogen and oxygen atoms in total. The van der Waals surface area contributed by atoms with Crippen LogP contribution in [0.2, 0.25) is 0 Å². The minimum absolute atomic E-state index is 0.0171. The molecule has 7 heteroatoms. The number of Topliss-reactive ketones (excluding diaryl/α,β-unsaturated/α-hetero) is 1. The molecule has 0 bridgehead atoms. The molecule has 9 atom stereocenters. The van der Waals surface area contributed by atoms with E-state index in [-0.39, 0.29) is 47.4 Å². The van der Waals surface area contributed by atoms with Gasteiger partial charge < -0.3 is 24.6 Å². The number of ketones is 2. The van der Waals surface area contributed by atoms with Crippen LogP contribution in [0.5, 0.6) is 5.75 Å². The molecule has 0 radical (unpaired) electrons. The van der Waals surface area contributed by atoms with Crippen LogP contribution in [0, 0.1) is 28.6 Å². The molecule has 1 heterocycles. The first-order valence-electron chi connectivity index (χ1n) is 15.5. The lowest BCUT2D eigenvalue weighted by Crippen LogP contribution is -2.63. The minimum atomic E-state index is -1.17. The Morgan fingerprint density at radius 2 is 1.98 bits per heavy atom. The number of carbonyl (C=O) groups is 2. The number of hydrogen-bond acceptors (Lipinski definition) is 7. The highest BCUT2D eigenvalue weighted by atomic mass is 16.7. The molecular formula is C34H45NO6. The van der Waals surface area contributed by atoms with Crippen molar-refractivity contribution in [2.24, 2.45) is 28.6 Å². The van der Waals surface area contributed by atoms with Gasteiger partial charge in [0.15, 0.2) is 17.7 Å². The van der Waals surface area contributed by atoms with Crippen molar-refractivity contribution in [1.29, 1.82) is 0 Å². The molecule has 4 fully saturated rings. The number of nitrogens with one attached hydrogen (secondary N) is 1. The molecule has 2 N–H and O–H groups in total. The van der Waals surface area contributed by atoms with E-state index < -0.39 is 23.4 Å². The summed E-state index contributed by atoms with van der Waals surface area (Å²) in [5.41, 5.74) is -0.00821. The number of anilines is 1. The van der Waals surface area contributed by atoms with E-state index in [0.29, 0.717) is 18.2 Å². The second kappa shape index (κ2) is 10.4. The Hall–Kier alpha value is -2.48. The fraction of sp³-hybridized carbons (Fsp3) is 0.647. The first-order chi connectivity index (χ1) is 19.5. The number of ether oxygens (including phenoxy) is 3. The number of aliphatic hydroxyl groups excluding tert-OH is 1. The number of hydrogen-bond donors (Lipinski definition) is 2. The summed E-state index contributed by atoms with van der Waals surface area (Å²) in [5, 5.41) is 15.2. The molecule has 6 rings (SSSR count). The van der Waals surface area contributed by atoms with Gasteiger partial charge in [0, 0.05) is 28.5 Å². The summed E-state index contributed by atoms with van der Waals surface area (Å²) in [7, 11) is 0.